The SMILES string of the molecule is CC(=O)N(CC(=O)NC(C)(C)C)c1cc(Cl)ccc1Cl. The molecule has 0 atom stereocenters. The number of carbonyl (C=O) groups is 2. The van der Waals surface area contributed by atoms with Gasteiger partial charge in [0.2, 0.25) is 11.8 Å². The topological polar surface area (TPSA) is 49.4 Å². The van der Waals surface area contributed by atoms with E-state index in [9.17, 15) is 9.59 Å². The summed E-state index contributed by atoms with van der Waals surface area (Å²) < 4.78 is 0. The van der Waals surface area contributed by atoms with Crippen LogP contribution in [0.1, 0.15) is 27.7 Å². The Balaban J connectivity index is 2.98. The summed E-state index contributed by atoms with van der Waals surface area (Å²) in [6.07, 6.45) is 0. The molecule has 0 radical (unpaired) electrons. The number of nitrogens with zero attached hydrogens (tertiary/aromatic N) is 1. The summed E-state index contributed by atoms with van der Waals surface area (Å²) in [4.78, 5) is 25.0. The molecule has 0 bridgehead atoms. The maximum Gasteiger partial charge on any atom is 0.240 e. The van der Waals surface area contributed by atoms with E-state index >= 15 is 0 Å². The number of halogens is 2. The minimum Gasteiger partial charge on any atom is -0.350 e. The number of carbonyl (C=O) groups excluding carboxylic acids is 2. The monoisotopic (exact) mass is 316 g/mol. The van der Waals surface area contributed by atoms with Crippen LogP contribution in [0.2, 0.25) is 10.0 Å². The van der Waals surface area contributed by atoms with Gasteiger partial charge in [-0.15, -0.1) is 0 Å². The molecule has 1 aromatic rings. The first-order valence-electron chi connectivity index (χ1n) is 6.14. The number of anilines is 1. The Hall–Kier alpha value is -1.26. The zero-order chi connectivity index (χ0) is 15.5. The first kappa shape index (κ1) is 16.8. The molecule has 0 aliphatic rings. The van der Waals surface area contributed by atoms with Gasteiger partial charge in [-0.25, -0.2) is 0 Å². The van der Waals surface area contributed by atoms with E-state index in [0.29, 0.717) is 15.7 Å². The Bertz CT molecular complexity index is 524. The van der Waals surface area contributed by atoms with Crippen LogP contribution in [0.5, 0.6) is 0 Å². The fraction of sp³-hybridized carbons (Fsp3) is 0.429. The van der Waals surface area contributed by atoms with Gasteiger partial charge in [0.15, 0.2) is 0 Å². The van der Waals surface area contributed by atoms with Crippen molar-refractivity contribution in [3.8, 4) is 0 Å². The van der Waals surface area contributed by atoms with Crippen LogP contribution in [0.25, 0.3) is 0 Å². The Kier molecular flexibility index (Phi) is 5.42. The average Bonchev–Trinajstić information content (AvgIpc) is 2.27. The van der Waals surface area contributed by atoms with Gasteiger partial charge in [-0.05, 0) is 39.0 Å². The fourth-order valence-electron chi connectivity index (χ4n) is 1.66. The Morgan fingerprint density at radius 1 is 1.25 bits per heavy atom. The summed E-state index contributed by atoms with van der Waals surface area (Å²) in [5.74, 6) is -0.540. The van der Waals surface area contributed by atoms with Crippen molar-refractivity contribution < 1.29 is 9.59 Å². The molecule has 0 unspecified atom stereocenters. The summed E-state index contributed by atoms with van der Waals surface area (Å²) in [5, 5.41) is 3.62. The van der Waals surface area contributed by atoms with Gasteiger partial charge < -0.3 is 10.2 Å². The molecule has 1 N–H and O–H groups in total. The average molecular weight is 317 g/mol. The molecule has 6 heteroatoms. The molecule has 110 valence electrons. The highest BCUT2D eigenvalue weighted by Crippen LogP contribution is 2.29. The van der Waals surface area contributed by atoms with E-state index in [1.165, 1.54) is 11.8 Å². The standard InChI is InChI=1S/C14H18Cl2N2O2/c1-9(19)18(8-13(20)17-14(2,3)4)12-7-10(15)5-6-11(12)16/h5-7H,8H2,1-4H3,(H,17,20). The maximum atomic E-state index is 12.0. The molecule has 0 saturated carbocycles. The van der Waals surface area contributed by atoms with Crippen LogP contribution in [-0.2, 0) is 9.59 Å². The largest absolute Gasteiger partial charge is 0.350 e. The summed E-state index contributed by atoms with van der Waals surface area (Å²) in [5.41, 5.74) is 0.0632. The van der Waals surface area contributed by atoms with E-state index in [-0.39, 0.29) is 23.9 Å². The molecular formula is C14H18Cl2N2O2. The van der Waals surface area contributed by atoms with Gasteiger partial charge >= 0.3 is 0 Å². The van der Waals surface area contributed by atoms with Crippen molar-refractivity contribution in [3.63, 3.8) is 0 Å². The fourth-order valence-corrected chi connectivity index (χ4v) is 2.05. The Morgan fingerprint density at radius 2 is 1.85 bits per heavy atom. The molecular weight excluding hydrogens is 299 g/mol. The van der Waals surface area contributed by atoms with Crippen molar-refractivity contribution in [2.75, 3.05) is 11.4 Å². The summed E-state index contributed by atoms with van der Waals surface area (Å²) in [6, 6.07) is 4.79. The number of benzene rings is 1. The molecule has 0 aliphatic heterocycles. The number of rotatable bonds is 3. The van der Waals surface area contributed by atoms with Crippen LogP contribution < -0.4 is 10.2 Å². The Labute approximate surface area is 129 Å². The molecule has 4 nitrogen and oxygen atoms in total. The lowest BCUT2D eigenvalue weighted by Crippen LogP contribution is -2.47. The summed E-state index contributed by atoms with van der Waals surface area (Å²) >= 11 is 12.0. The number of amides is 2. The molecule has 0 fully saturated rings. The molecule has 0 heterocycles. The van der Waals surface area contributed by atoms with Crippen LogP contribution in [-0.4, -0.2) is 23.9 Å². The molecule has 0 spiro atoms. The van der Waals surface area contributed by atoms with E-state index in [2.05, 4.69) is 5.32 Å². The van der Waals surface area contributed by atoms with Gasteiger partial charge in [0, 0.05) is 17.5 Å². The van der Waals surface area contributed by atoms with Crippen molar-refractivity contribution >= 4 is 40.7 Å². The third-order valence-electron chi connectivity index (χ3n) is 2.40. The number of nitrogens with one attached hydrogen (secondary N) is 1. The van der Waals surface area contributed by atoms with E-state index in [0.717, 1.165) is 0 Å². The van der Waals surface area contributed by atoms with Crippen LogP contribution in [0.4, 0.5) is 5.69 Å². The summed E-state index contributed by atoms with van der Waals surface area (Å²) in [7, 11) is 0. The van der Waals surface area contributed by atoms with E-state index in [1.807, 2.05) is 20.8 Å². The highest BCUT2D eigenvalue weighted by molar-refractivity contribution is 6.35. The van der Waals surface area contributed by atoms with Crippen LogP contribution in [0, 0.1) is 0 Å². The lowest BCUT2D eigenvalue weighted by Gasteiger charge is -2.25. The molecule has 2 amide bonds. The highest BCUT2D eigenvalue weighted by atomic mass is 35.5. The molecule has 20 heavy (non-hydrogen) atoms. The Morgan fingerprint density at radius 3 is 2.35 bits per heavy atom. The van der Waals surface area contributed by atoms with E-state index in [4.69, 9.17) is 23.2 Å². The van der Waals surface area contributed by atoms with Gasteiger partial charge in [0.1, 0.15) is 6.54 Å². The third kappa shape index (κ3) is 5.02. The second-order valence-electron chi connectivity index (χ2n) is 5.50. The zero-order valence-corrected chi connectivity index (χ0v) is 13.5. The third-order valence-corrected chi connectivity index (χ3v) is 2.95. The molecule has 0 aromatic heterocycles. The number of hydrogen-bond donors (Lipinski definition) is 1. The second kappa shape index (κ2) is 6.46. The maximum absolute atomic E-state index is 12.0. The lowest BCUT2D eigenvalue weighted by atomic mass is 10.1. The van der Waals surface area contributed by atoms with Crippen LogP contribution in [0.3, 0.4) is 0 Å². The van der Waals surface area contributed by atoms with Crippen molar-refractivity contribution in [1.82, 2.24) is 5.32 Å². The smallest absolute Gasteiger partial charge is 0.240 e. The minimum atomic E-state index is -0.363. The molecule has 1 rings (SSSR count). The van der Waals surface area contributed by atoms with Crippen molar-refractivity contribution in [1.29, 1.82) is 0 Å². The first-order valence-corrected chi connectivity index (χ1v) is 6.90. The quantitative estimate of drug-likeness (QED) is 0.930. The van der Waals surface area contributed by atoms with Crippen LogP contribution >= 0.6 is 23.2 Å². The first-order chi connectivity index (χ1) is 9.10. The summed E-state index contributed by atoms with van der Waals surface area (Å²) in [6.45, 7) is 6.88. The normalized spacial score (nSPS) is 11.1. The van der Waals surface area contributed by atoms with Crippen LogP contribution in [0.15, 0.2) is 18.2 Å². The van der Waals surface area contributed by atoms with Gasteiger partial charge in [-0.1, -0.05) is 23.2 Å². The second-order valence-corrected chi connectivity index (χ2v) is 6.34. The predicted octanol–water partition coefficient (Wildman–Crippen LogP) is 3.26. The van der Waals surface area contributed by atoms with Crippen molar-refractivity contribution in [2.24, 2.45) is 0 Å². The minimum absolute atomic E-state index is 0.104. The zero-order valence-electron chi connectivity index (χ0n) is 12.0. The van der Waals surface area contributed by atoms with Gasteiger partial charge in [-0.2, -0.15) is 0 Å². The highest BCUT2D eigenvalue weighted by Gasteiger charge is 2.21. The molecule has 1 aromatic carbocycles. The predicted molar refractivity (Wildman–Crippen MR) is 82.4 cm³/mol. The van der Waals surface area contributed by atoms with Crippen molar-refractivity contribution in [2.45, 2.75) is 33.2 Å². The van der Waals surface area contributed by atoms with Crippen molar-refractivity contribution in [3.05, 3.63) is 28.2 Å². The van der Waals surface area contributed by atoms with Gasteiger partial charge in [0.25, 0.3) is 0 Å². The van der Waals surface area contributed by atoms with E-state index in [1.54, 1.807) is 18.2 Å². The lowest BCUT2D eigenvalue weighted by molar-refractivity contribution is -0.124. The van der Waals surface area contributed by atoms with Gasteiger partial charge in [-0.3, -0.25) is 9.59 Å². The van der Waals surface area contributed by atoms with Gasteiger partial charge in [0.05, 0.1) is 10.7 Å². The molecule has 0 saturated heterocycles. The number of hydrogen-bond acceptors (Lipinski definition) is 2. The van der Waals surface area contributed by atoms with E-state index < -0.39 is 0 Å². The molecule has 0 aliphatic carbocycles.